The van der Waals surface area contributed by atoms with Gasteiger partial charge in [-0.3, -0.25) is 4.90 Å². The van der Waals surface area contributed by atoms with Gasteiger partial charge in [-0.15, -0.1) is 0 Å². The van der Waals surface area contributed by atoms with E-state index < -0.39 is 0 Å². The molecule has 0 aromatic heterocycles. The third-order valence-electron chi connectivity index (χ3n) is 3.41. The van der Waals surface area contributed by atoms with E-state index in [0.29, 0.717) is 12.1 Å². The van der Waals surface area contributed by atoms with Crippen LogP contribution in [-0.4, -0.2) is 37.1 Å². The summed E-state index contributed by atoms with van der Waals surface area (Å²) in [6.07, 6.45) is 1.15. The van der Waals surface area contributed by atoms with Crippen molar-refractivity contribution in [1.29, 1.82) is 0 Å². The van der Waals surface area contributed by atoms with E-state index >= 15 is 0 Å². The fraction of sp³-hybridized carbons (Fsp3) is 0.538. The van der Waals surface area contributed by atoms with Gasteiger partial charge in [0.25, 0.3) is 0 Å². The number of nitrogens with zero attached hydrogens (tertiary/aromatic N) is 1. The second kappa shape index (κ2) is 4.77. The maximum Gasteiger partial charge on any atom is 0.0261 e. The minimum atomic E-state index is 0.635. The van der Waals surface area contributed by atoms with E-state index in [1.165, 1.54) is 5.56 Å². The minimum Gasteiger partial charge on any atom is -0.314 e. The van der Waals surface area contributed by atoms with Crippen LogP contribution in [0.3, 0.4) is 0 Å². The Labute approximate surface area is 92.3 Å². The van der Waals surface area contributed by atoms with Gasteiger partial charge in [-0.05, 0) is 26.0 Å². The van der Waals surface area contributed by atoms with E-state index in [1.807, 2.05) is 0 Å². The Morgan fingerprint density at radius 2 is 2.00 bits per heavy atom. The Bertz CT molecular complexity index is 297. The molecule has 1 fully saturated rings. The van der Waals surface area contributed by atoms with Crippen molar-refractivity contribution in [3.63, 3.8) is 0 Å². The molecule has 1 N–H and O–H groups in total. The molecular formula is C13H20N2. The summed E-state index contributed by atoms with van der Waals surface area (Å²) in [7, 11) is 2.24. The third-order valence-corrected chi connectivity index (χ3v) is 3.41. The van der Waals surface area contributed by atoms with Crippen LogP contribution in [0, 0.1) is 0 Å². The lowest BCUT2D eigenvalue weighted by molar-refractivity contribution is 0.140. The van der Waals surface area contributed by atoms with E-state index in [0.717, 1.165) is 19.5 Å². The normalized spacial score (nSPS) is 27.9. The first-order chi connectivity index (χ1) is 7.27. The fourth-order valence-corrected chi connectivity index (χ4v) is 2.21. The van der Waals surface area contributed by atoms with Gasteiger partial charge in [0.1, 0.15) is 0 Å². The summed E-state index contributed by atoms with van der Waals surface area (Å²) in [5, 5.41) is 3.49. The van der Waals surface area contributed by atoms with Crippen LogP contribution in [-0.2, 0) is 6.42 Å². The predicted octanol–water partition coefficient (Wildman–Crippen LogP) is 1.52. The van der Waals surface area contributed by atoms with Gasteiger partial charge in [0.15, 0.2) is 0 Å². The van der Waals surface area contributed by atoms with Crippen LogP contribution in [0.15, 0.2) is 30.3 Å². The Morgan fingerprint density at radius 3 is 2.73 bits per heavy atom. The smallest absolute Gasteiger partial charge is 0.0261 e. The summed E-state index contributed by atoms with van der Waals surface area (Å²) in [6, 6.07) is 12.0. The zero-order chi connectivity index (χ0) is 10.7. The molecule has 0 amide bonds. The van der Waals surface area contributed by atoms with E-state index in [9.17, 15) is 0 Å². The van der Waals surface area contributed by atoms with Crippen LogP contribution >= 0.6 is 0 Å². The third kappa shape index (κ3) is 2.58. The summed E-state index contributed by atoms with van der Waals surface area (Å²) < 4.78 is 0. The summed E-state index contributed by atoms with van der Waals surface area (Å²) in [6.45, 7) is 4.50. The van der Waals surface area contributed by atoms with E-state index in [2.05, 4.69) is 54.5 Å². The van der Waals surface area contributed by atoms with Gasteiger partial charge >= 0.3 is 0 Å². The molecule has 2 atom stereocenters. The molecule has 2 nitrogen and oxygen atoms in total. The number of hydrogen-bond acceptors (Lipinski definition) is 2. The Kier molecular flexibility index (Phi) is 3.39. The van der Waals surface area contributed by atoms with E-state index in [-0.39, 0.29) is 0 Å². The molecule has 1 aromatic rings. The standard InChI is InChI=1S/C13H20N2/c1-11-9-14-10-13(15(11)2)8-12-6-4-3-5-7-12/h3-7,11,13-14H,8-10H2,1-2H3/t11-,13?/m0/s1. The van der Waals surface area contributed by atoms with Crippen LogP contribution in [0.5, 0.6) is 0 Å². The molecule has 1 aromatic carbocycles. The first kappa shape index (κ1) is 10.7. The van der Waals surface area contributed by atoms with E-state index in [1.54, 1.807) is 0 Å². The molecule has 0 radical (unpaired) electrons. The summed E-state index contributed by atoms with van der Waals surface area (Å²) in [4.78, 5) is 2.49. The van der Waals surface area contributed by atoms with Crippen LogP contribution in [0.2, 0.25) is 0 Å². The van der Waals surface area contributed by atoms with Gasteiger partial charge in [0.2, 0.25) is 0 Å². The lowest BCUT2D eigenvalue weighted by Crippen LogP contribution is -2.55. The van der Waals surface area contributed by atoms with Crippen molar-refractivity contribution in [2.45, 2.75) is 25.4 Å². The molecule has 82 valence electrons. The minimum absolute atomic E-state index is 0.635. The van der Waals surface area contributed by atoms with Crippen molar-refractivity contribution in [3.05, 3.63) is 35.9 Å². The Balaban J connectivity index is 1.99. The number of hydrogen-bond donors (Lipinski definition) is 1. The molecule has 1 heterocycles. The van der Waals surface area contributed by atoms with Gasteiger partial charge < -0.3 is 5.32 Å². The average Bonchev–Trinajstić information content (AvgIpc) is 2.26. The molecule has 2 heteroatoms. The van der Waals surface area contributed by atoms with Crippen LogP contribution in [0.4, 0.5) is 0 Å². The Morgan fingerprint density at radius 1 is 1.27 bits per heavy atom. The van der Waals surface area contributed by atoms with Crippen molar-refractivity contribution in [2.75, 3.05) is 20.1 Å². The monoisotopic (exact) mass is 204 g/mol. The molecule has 1 unspecified atom stereocenters. The van der Waals surface area contributed by atoms with Gasteiger partial charge in [-0.25, -0.2) is 0 Å². The van der Waals surface area contributed by atoms with Gasteiger partial charge in [0.05, 0.1) is 0 Å². The second-order valence-electron chi connectivity index (χ2n) is 4.52. The molecular weight excluding hydrogens is 184 g/mol. The quantitative estimate of drug-likeness (QED) is 0.786. The van der Waals surface area contributed by atoms with Crippen molar-refractivity contribution >= 4 is 0 Å². The highest BCUT2D eigenvalue weighted by molar-refractivity contribution is 5.16. The lowest BCUT2D eigenvalue weighted by atomic mass is 10.0. The molecule has 0 saturated carbocycles. The molecule has 1 aliphatic heterocycles. The summed E-state index contributed by atoms with van der Waals surface area (Å²) >= 11 is 0. The molecule has 15 heavy (non-hydrogen) atoms. The number of nitrogens with one attached hydrogen (secondary N) is 1. The largest absolute Gasteiger partial charge is 0.314 e. The number of likely N-dealkylation sites (N-methyl/N-ethyl adjacent to an activating group) is 1. The molecule has 0 aliphatic carbocycles. The van der Waals surface area contributed by atoms with Crippen molar-refractivity contribution in [1.82, 2.24) is 10.2 Å². The zero-order valence-corrected chi connectivity index (χ0v) is 9.61. The number of rotatable bonds is 2. The van der Waals surface area contributed by atoms with Crippen LogP contribution in [0.1, 0.15) is 12.5 Å². The highest BCUT2D eigenvalue weighted by atomic mass is 15.2. The first-order valence-corrected chi connectivity index (χ1v) is 5.74. The fourth-order valence-electron chi connectivity index (χ4n) is 2.21. The van der Waals surface area contributed by atoms with Crippen molar-refractivity contribution in [2.24, 2.45) is 0 Å². The topological polar surface area (TPSA) is 15.3 Å². The van der Waals surface area contributed by atoms with Gasteiger partial charge in [0, 0.05) is 25.2 Å². The molecule has 2 rings (SSSR count). The highest BCUT2D eigenvalue weighted by Gasteiger charge is 2.23. The second-order valence-corrected chi connectivity index (χ2v) is 4.52. The molecule has 0 spiro atoms. The zero-order valence-electron chi connectivity index (χ0n) is 9.61. The van der Waals surface area contributed by atoms with Crippen molar-refractivity contribution in [3.8, 4) is 0 Å². The molecule has 1 saturated heterocycles. The van der Waals surface area contributed by atoms with Gasteiger partial charge in [-0.2, -0.15) is 0 Å². The SMILES string of the molecule is C[C@H]1CNCC(Cc2ccccc2)N1C. The Hall–Kier alpha value is -0.860. The molecule has 0 bridgehead atoms. The van der Waals surface area contributed by atoms with Crippen LogP contribution in [0.25, 0.3) is 0 Å². The highest BCUT2D eigenvalue weighted by Crippen LogP contribution is 2.12. The maximum absolute atomic E-state index is 3.49. The number of benzene rings is 1. The lowest BCUT2D eigenvalue weighted by Gasteiger charge is -2.38. The maximum atomic E-state index is 3.49. The van der Waals surface area contributed by atoms with Crippen molar-refractivity contribution < 1.29 is 0 Å². The molecule has 1 aliphatic rings. The first-order valence-electron chi connectivity index (χ1n) is 5.74. The van der Waals surface area contributed by atoms with E-state index in [4.69, 9.17) is 0 Å². The van der Waals surface area contributed by atoms with Crippen LogP contribution < -0.4 is 5.32 Å². The number of piperazine rings is 1. The summed E-state index contributed by atoms with van der Waals surface area (Å²) in [5.74, 6) is 0. The predicted molar refractivity (Wildman–Crippen MR) is 64.0 cm³/mol. The average molecular weight is 204 g/mol. The van der Waals surface area contributed by atoms with Gasteiger partial charge in [-0.1, -0.05) is 30.3 Å². The summed E-state index contributed by atoms with van der Waals surface area (Å²) in [5.41, 5.74) is 1.44.